The molecule has 0 aromatic heterocycles. The predicted molar refractivity (Wildman–Crippen MR) is 48.9 cm³/mol. The van der Waals surface area contributed by atoms with Crippen LogP contribution >= 0.6 is 0 Å². The van der Waals surface area contributed by atoms with Gasteiger partial charge in [0, 0.05) is 22.8 Å². The average molecular weight is 274 g/mol. The minimum atomic E-state index is -2.38. The van der Waals surface area contributed by atoms with E-state index < -0.39 is 17.0 Å². The maximum Gasteiger partial charge on any atom is 1.00 e. The van der Waals surface area contributed by atoms with E-state index in [0.29, 0.717) is 5.75 Å². The second-order valence-corrected chi connectivity index (χ2v) is 3.70. The zero-order chi connectivity index (χ0) is 11.4. The Bertz CT molecular complexity index is 410. The first kappa shape index (κ1) is 19.9. The van der Waals surface area contributed by atoms with E-state index in [0.717, 1.165) is 0 Å². The van der Waals surface area contributed by atoms with E-state index in [1.165, 1.54) is 25.3 Å². The monoisotopic (exact) mass is 274 g/mol. The molecule has 1 rings (SSSR count). The van der Waals surface area contributed by atoms with Crippen molar-refractivity contribution >= 4 is 17.0 Å². The second kappa shape index (κ2) is 9.52. The van der Waals surface area contributed by atoms with Gasteiger partial charge in [-0.25, -0.2) is 0 Å². The fourth-order valence-electron chi connectivity index (χ4n) is 1.15. The smallest absolute Gasteiger partial charge is 0.768 e. The fourth-order valence-corrected chi connectivity index (χ4v) is 1.57. The van der Waals surface area contributed by atoms with Crippen molar-refractivity contribution in [1.29, 1.82) is 0 Å². The van der Waals surface area contributed by atoms with E-state index in [9.17, 15) is 18.7 Å². The van der Waals surface area contributed by atoms with Gasteiger partial charge in [-0.15, -0.1) is 0 Å². The molecule has 5 nitrogen and oxygen atoms in total. The quantitative estimate of drug-likeness (QED) is 0.402. The molecule has 0 saturated heterocycles. The van der Waals surface area contributed by atoms with Crippen LogP contribution in [0.4, 0.5) is 0 Å². The first-order chi connectivity index (χ1) is 7.04. The van der Waals surface area contributed by atoms with Crippen LogP contribution in [0.25, 0.3) is 0 Å². The molecule has 0 heterocycles. The normalized spacial score (nSPS) is 10.7. The molecule has 0 spiro atoms. The van der Waals surface area contributed by atoms with Crippen molar-refractivity contribution in [2.24, 2.45) is 0 Å². The van der Waals surface area contributed by atoms with Crippen molar-refractivity contribution < 1.29 is 82.5 Å². The number of benzene rings is 1. The van der Waals surface area contributed by atoms with Crippen LogP contribution < -0.4 is 69.0 Å². The van der Waals surface area contributed by atoms with Crippen LogP contribution in [-0.2, 0) is 22.3 Å². The van der Waals surface area contributed by atoms with Crippen LogP contribution in [0.5, 0.6) is 5.75 Å². The van der Waals surface area contributed by atoms with E-state index >= 15 is 0 Å². The number of carboxylic acids is 1. The number of carbonyl (C=O) groups is 1. The number of hydrogen-bond acceptors (Lipinski definition) is 5. The Labute approximate surface area is 146 Å². The van der Waals surface area contributed by atoms with Crippen molar-refractivity contribution in [2.75, 3.05) is 7.11 Å². The summed E-state index contributed by atoms with van der Waals surface area (Å²) < 4.78 is 26.2. The third kappa shape index (κ3) is 6.35. The van der Waals surface area contributed by atoms with E-state index in [-0.39, 0.29) is 76.0 Å². The molecule has 17 heavy (non-hydrogen) atoms. The number of rotatable bonds is 4. The van der Waals surface area contributed by atoms with Gasteiger partial charge in [0.2, 0.25) is 0 Å². The molecule has 1 unspecified atom stereocenters. The summed E-state index contributed by atoms with van der Waals surface area (Å²) in [5.41, 5.74) is 0.277. The average Bonchev–Trinajstić information content (AvgIpc) is 2.16. The summed E-state index contributed by atoms with van der Waals surface area (Å²) in [7, 11) is 1.38. The molecule has 0 aliphatic heterocycles. The molecule has 0 fully saturated rings. The van der Waals surface area contributed by atoms with Crippen molar-refractivity contribution in [3.63, 3.8) is 0 Å². The Morgan fingerprint density at radius 2 is 2.00 bits per heavy atom. The molecule has 0 N–H and O–H groups in total. The zero-order valence-electron chi connectivity index (χ0n) is 9.89. The number of hydrogen-bond donors (Lipinski definition) is 0. The Hall–Kier alpha value is 0.600. The van der Waals surface area contributed by atoms with Crippen LogP contribution in [-0.4, -0.2) is 21.8 Å². The molecule has 1 aromatic carbocycles. The number of carboxylic acid groups (broad SMARTS) is 1. The summed E-state index contributed by atoms with van der Waals surface area (Å²) >= 11 is -2.38. The molecule has 0 bridgehead atoms. The van der Waals surface area contributed by atoms with Crippen molar-refractivity contribution in [2.45, 2.75) is 11.3 Å². The molecule has 0 radical (unpaired) electrons. The summed E-state index contributed by atoms with van der Waals surface area (Å²) in [6, 6.07) is 3.99. The Morgan fingerprint density at radius 3 is 2.41 bits per heavy atom. The third-order valence-electron chi connectivity index (χ3n) is 1.78. The molecule has 82 valence electrons. The topological polar surface area (TPSA) is 89.5 Å². The summed E-state index contributed by atoms with van der Waals surface area (Å²) in [4.78, 5) is 10.4. The van der Waals surface area contributed by atoms with Crippen molar-refractivity contribution in [1.82, 2.24) is 0 Å². The van der Waals surface area contributed by atoms with Crippen LogP contribution in [0.2, 0.25) is 0 Å². The van der Waals surface area contributed by atoms with Crippen molar-refractivity contribution in [3.05, 3.63) is 23.8 Å². The van der Waals surface area contributed by atoms with E-state index in [2.05, 4.69) is 0 Å². The summed E-state index contributed by atoms with van der Waals surface area (Å²) in [6.07, 6.45) is -0.381. The maximum atomic E-state index is 10.6. The predicted octanol–water partition coefficient (Wildman–Crippen LogP) is -6.77. The standard InChI is InChI=1S/C9H10O5S.2Na/c1-14-8-3-2-7(15(12)13)4-6(8)5-9(10)11;;/h2-4H,5H2,1H3,(H,10,11)(H,12,13);;/q;2*+1/p-2. The van der Waals surface area contributed by atoms with Gasteiger partial charge in [-0.1, -0.05) is 0 Å². The maximum absolute atomic E-state index is 10.6. The minimum absolute atomic E-state index is 0. The van der Waals surface area contributed by atoms with Gasteiger partial charge >= 0.3 is 59.1 Å². The van der Waals surface area contributed by atoms with Gasteiger partial charge in [0.15, 0.2) is 0 Å². The SMILES string of the molecule is COc1ccc(S(=O)[O-])cc1CC(=O)[O-].[Na+].[Na+]. The van der Waals surface area contributed by atoms with Gasteiger partial charge < -0.3 is 19.2 Å². The van der Waals surface area contributed by atoms with E-state index in [4.69, 9.17) is 4.74 Å². The first-order valence-electron chi connectivity index (χ1n) is 4.00. The van der Waals surface area contributed by atoms with Gasteiger partial charge in [-0.2, -0.15) is 0 Å². The third-order valence-corrected chi connectivity index (χ3v) is 2.42. The number of carbonyl (C=O) groups excluding carboxylic acids is 1. The number of ether oxygens (including phenoxy) is 1. The Morgan fingerprint density at radius 1 is 1.41 bits per heavy atom. The molecular weight excluding hydrogens is 266 g/mol. The molecular formula is C9H8Na2O5S. The van der Waals surface area contributed by atoms with Crippen LogP contribution in [0, 0.1) is 0 Å². The van der Waals surface area contributed by atoms with Gasteiger partial charge in [-0.05, 0) is 29.3 Å². The Kier molecular flexibility index (Phi) is 11.2. The largest absolute Gasteiger partial charge is 1.00 e. The minimum Gasteiger partial charge on any atom is -0.768 e. The number of aliphatic carboxylic acids is 1. The molecule has 1 atom stereocenters. The Balaban J connectivity index is 0. The van der Waals surface area contributed by atoms with Gasteiger partial charge in [-0.3, -0.25) is 4.21 Å². The van der Waals surface area contributed by atoms with E-state index in [1.54, 1.807) is 0 Å². The van der Waals surface area contributed by atoms with Gasteiger partial charge in [0.1, 0.15) is 5.75 Å². The van der Waals surface area contributed by atoms with Gasteiger partial charge in [0.25, 0.3) is 0 Å². The van der Waals surface area contributed by atoms with Crippen LogP contribution in [0.3, 0.4) is 0 Å². The second-order valence-electron chi connectivity index (χ2n) is 2.76. The number of methoxy groups -OCH3 is 1. The first-order valence-corrected chi connectivity index (χ1v) is 5.08. The zero-order valence-corrected chi connectivity index (χ0v) is 14.7. The van der Waals surface area contributed by atoms with Crippen molar-refractivity contribution in [3.8, 4) is 5.75 Å². The molecule has 0 aliphatic rings. The van der Waals surface area contributed by atoms with Crippen LogP contribution in [0.1, 0.15) is 5.56 Å². The summed E-state index contributed by atoms with van der Waals surface area (Å²) in [6.45, 7) is 0. The molecule has 0 aliphatic carbocycles. The van der Waals surface area contributed by atoms with Gasteiger partial charge in [0.05, 0.1) is 7.11 Å². The summed E-state index contributed by atoms with van der Waals surface area (Å²) in [5, 5.41) is 10.4. The molecule has 8 heteroatoms. The molecule has 1 aromatic rings. The van der Waals surface area contributed by atoms with E-state index in [1.807, 2.05) is 0 Å². The van der Waals surface area contributed by atoms with Crippen LogP contribution in [0.15, 0.2) is 23.1 Å². The summed E-state index contributed by atoms with van der Waals surface area (Å²) in [5.74, 6) is -0.962. The molecule has 0 saturated carbocycles. The molecule has 0 amide bonds. The fraction of sp³-hybridized carbons (Fsp3) is 0.222.